The first-order chi connectivity index (χ1) is 5.73. The molecule has 0 aliphatic rings. The fourth-order valence-electron chi connectivity index (χ4n) is 0.961. The Hall–Kier alpha value is -1.44. The van der Waals surface area contributed by atoms with Crippen molar-refractivity contribution in [2.75, 3.05) is 0 Å². The number of carbonyl (C=O) groups excluding carboxylic acids is 2. The highest BCUT2D eigenvalue weighted by Gasteiger charge is 2.24. The highest BCUT2D eigenvalue weighted by molar-refractivity contribution is 5.90. The van der Waals surface area contributed by atoms with Crippen LogP contribution in [0, 0.1) is 0 Å². The molecule has 1 aromatic rings. The second-order valence-corrected chi connectivity index (χ2v) is 2.88. The van der Waals surface area contributed by atoms with Gasteiger partial charge in [0.2, 0.25) is 0 Å². The van der Waals surface area contributed by atoms with Crippen molar-refractivity contribution in [1.82, 2.24) is 0 Å². The molecule has 0 aromatic heterocycles. The summed E-state index contributed by atoms with van der Waals surface area (Å²) in [4.78, 5) is 21.3. The molecule has 0 atom stereocenters. The van der Waals surface area contributed by atoms with Crippen LogP contribution in [-0.2, 0) is 15.0 Å². The fourth-order valence-corrected chi connectivity index (χ4v) is 0.961. The predicted octanol–water partition coefficient (Wildman–Crippen LogP) is 1.34. The largest absolute Gasteiger partial charge is 0.302 e. The highest BCUT2D eigenvalue weighted by Crippen LogP contribution is 2.17. The average molecular weight is 162 g/mol. The zero-order valence-corrected chi connectivity index (χ0v) is 6.86. The lowest BCUT2D eigenvalue weighted by molar-refractivity contribution is -0.120. The van der Waals surface area contributed by atoms with Crippen molar-refractivity contribution in [2.24, 2.45) is 0 Å². The van der Waals surface area contributed by atoms with Crippen LogP contribution >= 0.6 is 0 Å². The summed E-state index contributed by atoms with van der Waals surface area (Å²) in [7, 11) is 0. The van der Waals surface area contributed by atoms with Gasteiger partial charge in [-0.25, -0.2) is 0 Å². The summed E-state index contributed by atoms with van der Waals surface area (Å²) in [5, 5.41) is 0. The van der Waals surface area contributed by atoms with E-state index in [0.717, 1.165) is 5.56 Å². The normalized spacial score (nSPS) is 10.8. The first kappa shape index (κ1) is 8.65. The van der Waals surface area contributed by atoms with Crippen molar-refractivity contribution in [3.8, 4) is 0 Å². The molecule has 0 N–H and O–H groups in total. The third kappa shape index (κ3) is 1.42. The van der Waals surface area contributed by atoms with Crippen LogP contribution in [0.3, 0.4) is 0 Å². The van der Waals surface area contributed by atoms with E-state index in [9.17, 15) is 9.59 Å². The van der Waals surface area contributed by atoms with Gasteiger partial charge < -0.3 is 9.59 Å². The summed E-state index contributed by atoms with van der Waals surface area (Å²) in [6.45, 7) is 1.60. The molecule has 0 saturated heterocycles. The molecule has 0 saturated carbocycles. The maximum absolute atomic E-state index is 10.6. The van der Waals surface area contributed by atoms with Crippen molar-refractivity contribution < 1.29 is 9.59 Å². The van der Waals surface area contributed by atoms with Crippen molar-refractivity contribution in [1.29, 1.82) is 0 Å². The second kappa shape index (κ2) is 3.30. The van der Waals surface area contributed by atoms with Gasteiger partial charge in [-0.1, -0.05) is 30.3 Å². The molecule has 12 heavy (non-hydrogen) atoms. The summed E-state index contributed by atoms with van der Waals surface area (Å²) >= 11 is 0. The van der Waals surface area contributed by atoms with Gasteiger partial charge in [-0.05, 0) is 12.5 Å². The minimum Gasteiger partial charge on any atom is -0.302 e. The molecule has 0 aliphatic heterocycles. The number of hydrogen-bond donors (Lipinski definition) is 0. The van der Waals surface area contributed by atoms with Gasteiger partial charge >= 0.3 is 0 Å². The SMILES string of the molecule is CC(C=O)(C=O)c1ccccc1. The third-order valence-corrected chi connectivity index (χ3v) is 1.89. The Morgan fingerprint density at radius 1 is 1.08 bits per heavy atom. The van der Waals surface area contributed by atoms with Crippen LogP contribution in [-0.4, -0.2) is 12.6 Å². The number of benzene rings is 1. The van der Waals surface area contributed by atoms with Gasteiger partial charge in [-0.3, -0.25) is 0 Å². The summed E-state index contributed by atoms with van der Waals surface area (Å²) in [5.41, 5.74) is -0.253. The van der Waals surface area contributed by atoms with Crippen LogP contribution in [0.4, 0.5) is 0 Å². The lowest BCUT2D eigenvalue weighted by Gasteiger charge is -2.14. The van der Waals surface area contributed by atoms with E-state index in [4.69, 9.17) is 0 Å². The highest BCUT2D eigenvalue weighted by atomic mass is 16.1. The molecule has 0 heterocycles. The molecule has 62 valence electrons. The number of carbonyl (C=O) groups is 2. The van der Waals surface area contributed by atoms with Crippen molar-refractivity contribution in [3.63, 3.8) is 0 Å². The molecular weight excluding hydrogens is 152 g/mol. The van der Waals surface area contributed by atoms with Crippen LogP contribution < -0.4 is 0 Å². The van der Waals surface area contributed by atoms with E-state index in [1.54, 1.807) is 31.2 Å². The monoisotopic (exact) mass is 162 g/mol. The topological polar surface area (TPSA) is 34.1 Å². The lowest BCUT2D eigenvalue weighted by atomic mass is 9.86. The van der Waals surface area contributed by atoms with Gasteiger partial charge in [0.1, 0.15) is 18.0 Å². The van der Waals surface area contributed by atoms with Crippen LogP contribution in [0.15, 0.2) is 30.3 Å². The first-order valence-electron chi connectivity index (χ1n) is 3.71. The first-order valence-corrected chi connectivity index (χ1v) is 3.71. The molecule has 1 aromatic carbocycles. The molecular formula is C10H10O2. The maximum Gasteiger partial charge on any atom is 0.137 e. The molecule has 0 bridgehead atoms. The Bertz CT molecular complexity index is 269. The Morgan fingerprint density at radius 3 is 2.00 bits per heavy atom. The third-order valence-electron chi connectivity index (χ3n) is 1.89. The van der Waals surface area contributed by atoms with E-state index >= 15 is 0 Å². The number of rotatable bonds is 3. The maximum atomic E-state index is 10.6. The van der Waals surface area contributed by atoms with Crippen molar-refractivity contribution in [3.05, 3.63) is 35.9 Å². The van der Waals surface area contributed by atoms with Gasteiger partial charge in [-0.2, -0.15) is 0 Å². The minimum atomic E-state index is -0.985. The van der Waals surface area contributed by atoms with Crippen LogP contribution in [0.2, 0.25) is 0 Å². The molecule has 0 radical (unpaired) electrons. The van der Waals surface area contributed by atoms with Crippen LogP contribution in [0.1, 0.15) is 12.5 Å². The fraction of sp³-hybridized carbons (Fsp3) is 0.200. The van der Waals surface area contributed by atoms with E-state index in [0.29, 0.717) is 12.6 Å². The Kier molecular flexibility index (Phi) is 2.38. The Balaban J connectivity index is 3.11. The van der Waals surface area contributed by atoms with Gasteiger partial charge in [0, 0.05) is 0 Å². The lowest BCUT2D eigenvalue weighted by Crippen LogP contribution is -2.25. The minimum absolute atomic E-state index is 0.662. The standard InChI is InChI=1S/C10H10O2/c1-10(7-11,8-12)9-5-3-2-4-6-9/h2-8H,1H3. The van der Waals surface area contributed by atoms with Gasteiger partial charge in [-0.15, -0.1) is 0 Å². The van der Waals surface area contributed by atoms with Crippen molar-refractivity contribution >= 4 is 12.6 Å². The summed E-state index contributed by atoms with van der Waals surface area (Å²) in [6.07, 6.45) is 1.32. The Morgan fingerprint density at radius 2 is 1.58 bits per heavy atom. The Labute approximate surface area is 71.2 Å². The van der Waals surface area contributed by atoms with E-state index in [1.165, 1.54) is 0 Å². The van der Waals surface area contributed by atoms with Gasteiger partial charge in [0.05, 0.1) is 0 Å². The second-order valence-electron chi connectivity index (χ2n) is 2.88. The summed E-state index contributed by atoms with van der Waals surface area (Å²) in [6, 6.07) is 8.99. The zero-order chi connectivity index (χ0) is 9.03. The van der Waals surface area contributed by atoms with Gasteiger partial charge in [0.15, 0.2) is 0 Å². The van der Waals surface area contributed by atoms with E-state index in [1.807, 2.05) is 6.07 Å². The van der Waals surface area contributed by atoms with Crippen LogP contribution in [0.25, 0.3) is 0 Å². The van der Waals surface area contributed by atoms with Gasteiger partial charge in [0.25, 0.3) is 0 Å². The predicted molar refractivity (Wildman–Crippen MR) is 45.9 cm³/mol. The van der Waals surface area contributed by atoms with E-state index in [2.05, 4.69) is 0 Å². The molecule has 1 rings (SSSR count). The number of aldehydes is 2. The molecule has 0 amide bonds. The average Bonchev–Trinajstić information content (AvgIpc) is 2.18. The molecule has 0 spiro atoms. The quantitative estimate of drug-likeness (QED) is 0.496. The van der Waals surface area contributed by atoms with E-state index in [-0.39, 0.29) is 0 Å². The smallest absolute Gasteiger partial charge is 0.137 e. The van der Waals surface area contributed by atoms with Crippen molar-refractivity contribution in [2.45, 2.75) is 12.3 Å². The zero-order valence-electron chi connectivity index (χ0n) is 6.86. The molecule has 0 aliphatic carbocycles. The van der Waals surface area contributed by atoms with E-state index < -0.39 is 5.41 Å². The molecule has 0 fully saturated rings. The molecule has 0 unspecified atom stereocenters. The summed E-state index contributed by atoms with van der Waals surface area (Å²) in [5.74, 6) is 0. The molecule has 2 nitrogen and oxygen atoms in total. The summed E-state index contributed by atoms with van der Waals surface area (Å²) < 4.78 is 0. The molecule has 2 heteroatoms. The van der Waals surface area contributed by atoms with Crippen LogP contribution in [0.5, 0.6) is 0 Å². The number of hydrogen-bond acceptors (Lipinski definition) is 2.